The first-order chi connectivity index (χ1) is 2.89. The van der Waals surface area contributed by atoms with Crippen molar-refractivity contribution in [2.24, 2.45) is 0 Å². The maximum Gasteiger partial charge on any atom is 1.00 e. The van der Waals surface area contributed by atoms with E-state index in [1.165, 1.54) is 11.5 Å². The van der Waals surface area contributed by atoms with Crippen LogP contribution in [0.1, 0.15) is 5.56 Å². The van der Waals surface area contributed by atoms with Crippen molar-refractivity contribution in [3.05, 3.63) is 17.1 Å². The fourth-order valence-corrected chi connectivity index (χ4v) is 0.690. The predicted octanol–water partition coefficient (Wildman–Crippen LogP) is -1.74. The zero-order valence-corrected chi connectivity index (χ0v) is 5.25. The Morgan fingerprint density at radius 2 is 2.57 bits per heavy atom. The van der Waals surface area contributed by atoms with Gasteiger partial charge in [-0.1, -0.05) is 6.92 Å². The van der Waals surface area contributed by atoms with Crippen molar-refractivity contribution < 1.29 is 18.9 Å². The number of rotatable bonds is 0. The van der Waals surface area contributed by atoms with Crippen LogP contribution in [0.15, 0.2) is 6.20 Å². The molecule has 1 aromatic rings. The molecule has 0 saturated heterocycles. The summed E-state index contributed by atoms with van der Waals surface area (Å²) >= 11 is 1.36. The number of hydrogen-bond donors (Lipinski definition) is 0. The molecule has 0 fully saturated rings. The molecule has 1 nitrogen and oxygen atoms in total. The Morgan fingerprint density at radius 1 is 1.86 bits per heavy atom. The molecular weight excluding hydrogens is 101 g/mol. The average Bonchev–Trinajstić information content (AvgIpc) is 1.86. The minimum absolute atomic E-state index is 0. The molecule has 7 heavy (non-hydrogen) atoms. The Morgan fingerprint density at radius 3 is 2.71 bits per heavy atom. The molecule has 1 rings (SSSR count). The maximum atomic E-state index is 3.81. The quantitative estimate of drug-likeness (QED) is 0.282. The fourth-order valence-electron chi connectivity index (χ4n) is 0.230. The van der Waals surface area contributed by atoms with Crippen LogP contribution in [0.3, 0.4) is 0 Å². The third kappa shape index (κ3) is 2.13. The van der Waals surface area contributed by atoms with Gasteiger partial charge in [0.05, 0.1) is 0 Å². The molecule has 0 unspecified atom stereocenters. The van der Waals surface area contributed by atoms with E-state index in [1.54, 1.807) is 6.20 Å². The van der Waals surface area contributed by atoms with E-state index in [1.807, 2.05) is 6.92 Å². The van der Waals surface area contributed by atoms with E-state index >= 15 is 0 Å². The van der Waals surface area contributed by atoms with Crippen molar-refractivity contribution in [2.75, 3.05) is 0 Å². The van der Waals surface area contributed by atoms with Crippen molar-refractivity contribution in [3.8, 4) is 0 Å². The smallest absolute Gasteiger partial charge is 0.316 e. The van der Waals surface area contributed by atoms with Crippen LogP contribution < -0.4 is 18.9 Å². The van der Waals surface area contributed by atoms with E-state index in [2.05, 4.69) is 9.75 Å². The topological polar surface area (TPSA) is 12.9 Å². The van der Waals surface area contributed by atoms with E-state index < -0.39 is 0 Å². The van der Waals surface area contributed by atoms with Gasteiger partial charge in [0.2, 0.25) is 0 Å². The van der Waals surface area contributed by atoms with Crippen LogP contribution in [0.25, 0.3) is 0 Å². The number of aromatic nitrogens is 1. The summed E-state index contributed by atoms with van der Waals surface area (Å²) in [6.45, 7) is 1.98. The summed E-state index contributed by atoms with van der Waals surface area (Å²) in [5.41, 5.74) is 1.13. The molecule has 1 aromatic heterocycles. The summed E-state index contributed by atoms with van der Waals surface area (Å²) in [6.07, 6.45) is 1.80. The van der Waals surface area contributed by atoms with Gasteiger partial charge in [0.1, 0.15) is 0 Å². The number of nitrogens with zero attached hydrogens (tertiary/aromatic N) is 1. The van der Waals surface area contributed by atoms with E-state index in [9.17, 15) is 0 Å². The van der Waals surface area contributed by atoms with Gasteiger partial charge in [-0.05, 0) is 0 Å². The summed E-state index contributed by atoms with van der Waals surface area (Å²) < 4.78 is 3.81. The normalized spacial score (nSPS) is 7.57. The predicted molar refractivity (Wildman–Crippen MR) is 25.7 cm³/mol. The molecule has 0 aliphatic heterocycles. The first kappa shape index (κ1) is 7.23. The molecule has 0 aliphatic carbocycles. The van der Waals surface area contributed by atoms with Crippen LogP contribution in [0.5, 0.6) is 0 Å². The van der Waals surface area contributed by atoms with Gasteiger partial charge >= 0.3 is 18.9 Å². The molecule has 0 bridgehead atoms. The Balaban J connectivity index is 0.000000360. The Hall–Kier alpha value is 0.227. The summed E-state index contributed by atoms with van der Waals surface area (Å²) in [5.74, 6) is 0. The van der Waals surface area contributed by atoms with Crippen LogP contribution in [0.4, 0.5) is 0 Å². The largest absolute Gasteiger partial charge is 1.00 e. The van der Waals surface area contributed by atoms with Crippen molar-refractivity contribution in [1.29, 1.82) is 0 Å². The fraction of sp³-hybridized carbons (Fsp3) is 0.250. The summed E-state index contributed by atoms with van der Waals surface area (Å²) in [7, 11) is 0. The van der Waals surface area contributed by atoms with E-state index in [-0.39, 0.29) is 18.9 Å². The number of aryl methyl sites for hydroxylation is 1. The molecule has 0 amide bonds. The maximum absolute atomic E-state index is 3.81. The van der Waals surface area contributed by atoms with Gasteiger partial charge in [-0.15, -0.1) is 6.20 Å². The van der Waals surface area contributed by atoms with Crippen LogP contribution in [0.2, 0.25) is 0 Å². The first-order valence-electron chi connectivity index (χ1n) is 1.68. The van der Waals surface area contributed by atoms with Gasteiger partial charge in [0.25, 0.3) is 0 Å². The van der Waals surface area contributed by atoms with E-state index in [0.29, 0.717) is 0 Å². The minimum Gasteiger partial charge on any atom is -0.316 e. The van der Waals surface area contributed by atoms with Crippen molar-refractivity contribution in [1.82, 2.24) is 4.37 Å². The second kappa shape index (κ2) is 3.26. The van der Waals surface area contributed by atoms with Crippen LogP contribution in [-0.4, -0.2) is 4.37 Å². The number of hydrogen-bond acceptors (Lipinski definition) is 2. The van der Waals surface area contributed by atoms with Gasteiger partial charge in [-0.2, -0.15) is 22.5 Å². The summed E-state index contributed by atoms with van der Waals surface area (Å²) in [6, 6.07) is 0. The van der Waals surface area contributed by atoms with Crippen molar-refractivity contribution in [2.45, 2.75) is 6.92 Å². The molecule has 0 radical (unpaired) electrons. The van der Waals surface area contributed by atoms with Gasteiger partial charge in [0.15, 0.2) is 0 Å². The summed E-state index contributed by atoms with van der Waals surface area (Å²) in [5, 5.41) is 2.93. The molecule has 0 N–H and O–H groups in total. The van der Waals surface area contributed by atoms with E-state index in [0.717, 1.165) is 5.56 Å². The standard InChI is InChI=1S/C4H4NS.Li/c1-4-2-5-6-3-4;/h2H,1H3;/q-1;+1. The van der Waals surface area contributed by atoms with Crippen LogP contribution in [0, 0.1) is 12.3 Å². The molecule has 0 atom stereocenters. The summed E-state index contributed by atoms with van der Waals surface area (Å²) in [4.78, 5) is 0. The molecule has 32 valence electrons. The van der Waals surface area contributed by atoms with Crippen LogP contribution in [-0.2, 0) is 0 Å². The van der Waals surface area contributed by atoms with Gasteiger partial charge < -0.3 is 4.37 Å². The van der Waals surface area contributed by atoms with Crippen molar-refractivity contribution >= 4 is 11.5 Å². The van der Waals surface area contributed by atoms with Gasteiger partial charge in [-0.3, -0.25) is 0 Å². The second-order valence-corrected chi connectivity index (χ2v) is 1.71. The van der Waals surface area contributed by atoms with Gasteiger partial charge in [0, 0.05) is 0 Å². The zero-order chi connectivity index (χ0) is 4.41. The minimum atomic E-state index is 0. The Bertz CT molecular complexity index is 115. The Kier molecular flexibility index (Phi) is 3.36. The molecule has 3 heteroatoms. The molecule has 0 saturated carbocycles. The molecule has 1 heterocycles. The SMILES string of the molecule is Cc1[c-]snc1.[Li+]. The van der Waals surface area contributed by atoms with Gasteiger partial charge in [-0.25, -0.2) is 0 Å². The van der Waals surface area contributed by atoms with E-state index in [4.69, 9.17) is 0 Å². The first-order valence-corrected chi connectivity index (χ1v) is 2.46. The Labute approximate surface area is 59.1 Å². The zero-order valence-electron chi connectivity index (χ0n) is 4.43. The average molecular weight is 105 g/mol. The monoisotopic (exact) mass is 105 g/mol. The second-order valence-electron chi connectivity index (χ2n) is 1.11. The molecule has 0 aliphatic rings. The molecule has 0 spiro atoms. The third-order valence-electron chi connectivity index (χ3n) is 0.506. The van der Waals surface area contributed by atoms with Crippen LogP contribution >= 0.6 is 11.5 Å². The molecule has 0 aromatic carbocycles. The molecular formula is C4H4LiNS. The van der Waals surface area contributed by atoms with Crippen molar-refractivity contribution in [3.63, 3.8) is 0 Å². The third-order valence-corrected chi connectivity index (χ3v) is 1.13.